The third kappa shape index (κ3) is 4.83. The molecule has 100 valence electrons. The van der Waals surface area contributed by atoms with Gasteiger partial charge in [-0.25, -0.2) is 0 Å². The lowest BCUT2D eigenvalue weighted by molar-refractivity contribution is 0.671. The Kier molecular flexibility index (Phi) is 6.16. The normalized spacial score (nSPS) is 10.6. The number of rotatable bonds is 7. The van der Waals surface area contributed by atoms with Crippen LogP contribution in [-0.4, -0.2) is 5.33 Å². The van der Waals surface area contributed by atoms with Crippen molar-refractivity contribution < 1.29 is 0 Å². The third-order valence-corrected chi connectivity index (χ3v) is 3.97. The van der Waals surface area contributed by atoms with Gasteiger partial charge in [0.1, 0.15) is 0 Å². The molecular formula is C18H21Br. The van der Waals surface area contributed by atoms with Gasteiger partial charge in [-0.1, -0.05) is 83.4 Å². The maximum absolute atomic E-state index is 3.48. The number of benzene rings is 2. The van der Waals surface area contributed by atoms with Gasteiger partial charge >= 0.3 is 0 Å². The number of hydrogen-bond donors (Lipinski definition) is 0. The van der Waals surface area contributed by atoms with Gasteiger partial charge in [0.25, 0.3) is 0 Å². The average molecular weight is 317 g/mol. The summed E-state index contributed by atoms with van der Waals surface area (Å²) in [4.78, 5) is 0. The van der Waals surface area contributed by atoms with Crippen molar-refractivity contribution in [2.45, 2.75) is 32.1 Å². The van der Waals surface area contributed by atoms with E-state index in [1.807, 2.05) is 0 Å². The van der Waals surface area contributed by atoms with Gasteiger partial charge in [-0.05, 0) is 36.0 Å². The SMILES string of the molecule is BrCCCCCCc1ccc(-c2ccccc2)cc1. The summed E-state index contributed by atoms with van der Waals surface area (Å²) < 4.78 is 0. The standard InChI is InChI=1S/C18H21Br/c19-15-7-2-1-4-8-16-11-13-18(14-12-16)17-9-5-3-6-10-17/h3,5-6,9-14H,1-2,4,7-8,15H2. The smallest absolute Gasteiger partial charge is 0.00313 e. The van der Waals surface area contributed by atoms with Crippen molar-refractivity contribution in [3.63, 3.8) is 0 Å². The van der Waals surface area contributed by atoms with E-state index in [4.69, 9.17) is 0 Å². The molecule has 0 aliphatic heterocycles. The first-order chi connectivity index (χ1) is 9.40. The molecule has 2 aromatic carbocycles. The topological polar surface area (TPSA) is 0 Å². The van der Waals surface area contributed by atoms with E-state index in [2.05, 4.69) is 70.5 Å². The third-order valence-electron chi connectivity index (χ3n) is 3.41. The van der Waals surface area contributed by atoms with Gasteiger partial charge in [-0.15, -0.1) is 0 Å². The van der Waals surface area contributed by atoms with Crippen LogP contribution >= 0.6 is 15.9 Å². The van der Waals surface area contributed by atoms with Gasteiger partial charge in [-0.3, -0.25) is 0 Å². The Labute approximate surface area is 125 Å². The van der Waals surface area contributed by atoms with Crippen LogP contribution in [0.25, 0.3) is 11.1 Å². The zero-order valence-electron chi connectivity index (χ0n) is 11.3. The lowest BCUT2D eigenvalue weighted by Gasteiger charge is -2.04. The second kappa shape index (κ2) is 8.16. The molecule has 0 heterocycles. The minimum Gasteiger partial charge on any atom is -0.0928 e. The maximum Gasteiger partial charge on any atom is 0.00313 e. The van der Waals surface area contributed by atoms with Crippen LogP contribution in [0.15, 0.2) is 54.6 Å². The van der Waals surface area contributed by atoms with E-state index in [0.29, 0.717) is 0 Å². The second-order valence-corrected chi connectivity index (χ2v) is 5.71. The Morgan fingerprint density at radius 2 is 1.26 bits per heavy atom. The lowest BCUT2D eigenvalue weighted by atomic mass is 10.0. The average Bonchev–Trinajstić information content (AvgIpc) is 2.49. The van der Waals surface area contributed by atoms with E-state index in [-0.39, 0.29) is 0 Å². The molecule has 0 saturated carbocycles. The van der Waals surface area contributed by atoms with Gasteiger partial charge in [0, 0.05) is 5.33 Å². The van der Waals surface area contributed by atoms with Crippen LogP contribution in [0.2, 0.25) is 0 Å². The van der Waals surface area contributed by atoms with Gasteiger partial charge in [-0.2, -0.15) is 0 Å². The maximum atomic E-state index is 3.48. The van der Waals surface area contributed by atoms with E-state index in [9.17, 15) is 0 Å². The van der Waals surface area contributed by atoms with E-state index >= 15 is 0 Å². The summed E-state index contributed by atoms with van der Waals surface area (Å²) in [6, 6.07) is 19.6. The number of hydrogen-bond acceptors (Lipinski definition) is 0. The van der Waals surface area contributed by atoms with E-state index < -0.39 is 0 Å². The predicted octanol–water partition coefficient (Wildman–Crippen LogP) is 5.85. The van der Waals surface area contributed by atoms with Crippen LogP contribution in [0.3, 0.4) is 0 Å². The quantitative estimate of drug-likeness (QED) is 0.444. The second-order valence-electron chi connectivity index (χ2n) is 4.92. The summed E-state index contributed by atoms with van der Waals surface area (Å²) in [5.74, 6) is 0. The number of aryl methyl sites for hydroxylation is 1. The first-order valence-electron chi connectivity index (χ1n) is 7.10. The summed E-state index contributed by atoms with van der Waals surface area (Å²) in [7, 11) is 0. The van der Waals surface area contributed by atoms with Crippen molar-refractivity contribution in [2.75, 3.05) is 5.33 Å². The summed E-state index contributed by atoms with van der Waals surface area (Å²) in [6.45, 7) is 0. The molecule has 0 nitrogen and oxygen atoms in total. The van der Waals surface area contributed by atoms with E-state index in [1.165, 1.54) is 48.8 Å². The molecule has 0 aliphatic carbocycles. The van der Waals surface area contributed by atoms with Gasteiger partial charge in [0.15, 0.2) is 0 Å². The fourth-order valence-electron chi connectivity index (χ4n) is 2.27. The summed E-state index contributed by atoms with van der Waals surface area (Å²) >= 11 is 3.48. The fourth-order valence-corrected chi connectivity index (χ4v) is 2.67. The van der Waals surface area contributed by atoms with Crippen molar-refractivity contribution >= 4 is 15.9 Å². The Balaban J connectivity index is 1.85. The van der Waals surface area contributed by atoms with Crippen LogP contribution in [0.1, 0.15) is 31.2 Å². The Morgan fingerprint density at radius 3 is 1.95 bits per heavy atom. The summed E-state index contributed by atoms with van der Waals surface area (Å²) in [5, 5.41) is 1.14. The number of unbranched alkanes of at least 4 members (excludes halogenated alkanes) is 3. The molecule has 1 heteroatoms. The molecule has 2 aromatic rings. The molecule has 2 rings (SSSR count). The molecule has 0 radical (unpaired) electrons. The van der Waals surface area contributed by atoms with Gasteiger partial charge < -0.3 is 0 Å². The molecule has 0 amide bonds. The molecule has 0 aliphatic rings. The lowest BCUT2D eigenvalue weighted by Crippen LogP contribution is -1.87. The molecule has 0 fully saturated rings. The highest BCUT2D eigenvalue weighted by atomic mass is 79.9. The van der Waals surface area contributed by atoms with E-state index in [1.54, 1.807) is 0 Å². The van der Waals surface area contributed by atoms with Crippen molar-refractivity contribution in [1.82, 2.24) is 0 Å². The first-order valence-corrected chi connectivity index (χ1v) is 8.22. The zero-order chi connectivity index (χ0) is 13.3. The molecule has 0 aromatic heterocycles. The summed E-state index contributed by atoms with van der Waals surface area (Å²) in [5.41, 5.74) is 4.06. The highest BCUT2D eigenvalue weighted by Crippen LogP contribution is 2.20. The summed E-state index contributed by atoms with van der Waals surface area (Å²) in [6.07, 6.45) is 6.49. The highest BCUT2D eigenvalue weighted by Gasteiger charge is 1.97. The molecule has 19 heavy (non-hydrogen) atoms. The van der Waals surface area contributed by atoms with Crippen LogP contribution < -0.4 is 0 Å². The number of alkyl halides is 1. The molecule has 0 bridgehead atoms. The monoisotopic (exact) mass is 316 g/mol. The van der Waals surface area contributed by atoms with Crippen molar-refractivity contribution in [3.8, 4) is 11.1 Å². The van der Waals surface area contributed by atoms with E-state index in [0.717, 1.165) is 5.33 Å². The van der Waals surface area contributed by atoms with Crippen molar-refractivity contribution in [1.29, 1.82) is 0 Å². The Bertz CT molecular complexity index is 459. The highest BCUT2D eigenvalue weighted by molar-refractivity contribution is 9.09. The van der Waals surface area contributed by atoms with Crippen LogP contribution in [0.5, 0.6) is 0 Å². The minimum absolute atomic E-state index is 1.14. The minimum atomic E-state index is 1.14. The molecule has 0 spiro atoms. The Hall–Kier alpha value is -1.08. The Morgan fingerprint density at radius 1 is 0.632 bits per heavy atom. The van der Waals surface area contributed by atoms with Crippen LogP contribution in [0.4, 0.5) is 0 Å². The van der Waals surface area contributed by atoms with Gasteiger partial charge in [0.05, 0.1) is 0 Å². The molecule has 0 unspecified atom stereocenters. The molecular weight excluding hydrogens is 296 g/mol. The molecule has 0 saturated heterocycles. The van der Waals surface area contributed by atoms with Crippen molar-refractivity contribution in [3.05, 3.63) is 60.2 Å². The van der Waals surface area contributed by atoms with Crippen LogP contribution in [0, 0.1) is 0 Å². The number of halogens is 1. The molecule has 0 N–H and O–H groups in total. The predicted molar refractivity (Wildman–Crippen MR) is 87.8 cm³/mol. The van der Waals surface area contributed by atoms with Gasteiger partial charge in [0.2, 0.25) is 0 Å². The fraction of sp³-hybridized carbons (Fsp3) is 0.333. The molecule has 0 atom stereocenters. The van der Waals surface area contributed by atoms with Crippen molar-refractivity contribution in [2.24, 2.45) is 0 Å². The largest absolute Gasteiger partial charge is 0.0928 e. The zero-order valence-corrected chi connectivity index (χ0v) is 12.9. The first kappa shape index (κ1) is 14.3. The van der Waals surface area contributed by atoms with Crippen LogP contribution in [-0.2, 0) is 6.42 Å².